The lowest BCUT2D eigenvalue weighted by atomic mass is 9.94. The monoisotopic (exact) mass is 535 g/mol. The van der Waals surface area contributed by atoms with Gasteiger partial charge in [0.1, 0.15) is 6.04 Å². The zero-order valence-corrected chi connectivity index (χ0v) is 21.8. The summed E-state index contributed by atoms with van der Waals surface area (Å²) < 4.78 is 12.6. The van der Waals surface area contributed by atoms with Crippen molar-refractivity contribution in [3.63, 3.8) is 0 Å². The summed E-state index contributed by atoms with van der Waals surface area (Å²) in [7, 11) is 3.14. The molecule has 1 unspecified atom stereocenters. The molecular formula is C27H23Cl2N5O3. The molecule has 0 fully saturated rings. The molecule has 1 atom stereocenters. The summed E-state index contributed by atoms with van der Waals surface area (Å²) in [5.74, 6) is 1.75. The minimum absolute atomic E-state index is 0.270. The van der Waals surface area contributed by atoms with E-state index in [1.807, 2.05) is 49.4 Å². The van der Waals surface area contributed by atoms with Gasteiger partial charge in [0.15, 0.2) is 17.3 Å². The summed E-state index contributed by atoms with van der Waals surface area (Å²) in [6.45, 7) is 1.84. The normalized spacial score (nSPS) is 14.6. The van der Waals surface area contributed by atoms with Crippen LogP contribution in [0.15, 0.2) is 78.0 Å². The molecule has 1 aliphatic heterocycles. The maximum atomic E-state index is 13.6. The number of para-hydroxylation sites is 1. The van der Waals surface area contributed by atoms with Crippen LogP contribution in [-0.2, 0) is 4.79 Å². The summed E-state index contributed by atoms with van der Waals surface area (Å²) >= 11 is 12.3. The molecule has 1 aliphatic rings. The molecule has 10 heteroatoms. The second-order valence-corrected chi connectivity index (χ2v) is 9.15. The smallest absolute Gasteiger partial charge is 0.255 e. The molecule has 2 heterocycles. The van der Waals surface area contributed by atoms with E-state index in [4.69, 9.17) is 37.8 Å². The van der Waals surface area contributed by atoms with Gasteiger partial charge in [-0.1, -0.05) is 47.5 Å². The van der Waals surface area contributed by atoms with Crippen LogP contribution in [0.3, 0.4) is 0 Å². The Labute approximate surface area is 223 Å². The van der Waals surface area contributed by atoms with Crippen molar-refractivity contribution in [1.82, 2.24) is 14.8 Å². The minimum atomic E-state index is -0.608. The van der Waals surface area contributed by atoms with E-state index in [-0.39, 0.29) is 5.91 Å². The van der Waals surface area contributed by atoms with Gasteiger partial charge >= 0.3 is 0 Å². The number of allylic oxidation sites excluding steroid dienone is 1. The molecular weight excluding hydrogens is 513 g/mol. The van der Waals surface area contributed by atoms with Crippen molar-refractivity contribution in [1.29, 1.82) is 0 Å². The Bertz CT molecular complexity index is 1520. The Morgan fingerprint density at radius 3 is 2.43 bits per heavy atom. The van der Waals surface area contributed by atoms with Gasteiger partial charge in [-0.05, 0) is 55.0 Å². The molecule has 4 aromatic rings. The van der Waals surface area contributed by atoms with Crippen molar-refractivity contribution < 1.29 is 14.3 Å². The summed E-state index contributed by atoms with van der Waals surface area (Å²) in [5.41, 5.74) is 3.27. The highest BCUT2D eigenvalue weighted by atomic mass is 35.5. The van der Waals surface area contributed by atoms with Crippen molar-refractivity contribution in [2.24, 2.45) is 0 Å². The van der Waals surface area contributed by atoms with E-state index in [1.165, 1.54) is 0 Å². The summed E-state index contributed by atoms with van der Waals surface area (Å²) in [6.07, 6.45) is 0. The van der Waals surface area contributed by atoms with Gasteiger partial charge in [-0.15, -0.1) is 5.10 Å². The molecule has 0 saturated carbocycles. The summed E-state index contributed by atoms with van der Waals surface area (Å²) in [5, 5.41) is 11.8. The van der Waals surface area contributed by atoms with E-state index < -0.39 is 6.04 Å². The van der Waals surface area contributed by atoms with Crippen molar-refractivity contribution in [3.8, 4) is 22.9 Å². The van der Waals surface area contributed by atoms with Crippen molar-refractivity contribution in [3.05, 3.63) is 93.6 Å². The van der Waals surface area contributed by atoms with Gasteiger partial charge in [0, 0.05) is 16.9 Å². The van der Waals surface area contributed by atoms with Gasteiger partial charge in [-0.3, -0.25) is 4.79 Å². The van der Waals surface area contributed by atoms with Gasteiger partial charge < -0.3 is 20.1 Å². The Morgan fingerprint density at radius 1 is 0.973 bits per heavy atom. The number of hydrogen-bond donors (Lipinski definition) is 2. The number of carbonyl (C=O) groups is 1. The zero-order valence-electron chi connectivity index (χ0n) is 20.3. The highest BCUT2D eigenvalue weighted by molar-refractivity contribution is 6.42. The predicted octanol–water partition coefficient (Wildman–Crippen LogP) is 6.20. The van der Waals surface area contributed by atoms with Crippen LogP contribution in [-0.4, -0.2) is 34.9 Å². The van der Waals surface area contributed by atoms with Crippen LogP contribution in [0.4, 0.5) is 11.6 Å². The number of rotatable bonds is 6. The Kier molecular flexibility index (Phi) is 6.78. The number of amides is 1. The average molecular weight is 536 g/mol. The highest BCUT2D eigenvalue weighted by Gasteiger charge is 2.35. The second kappa shape index (κ2) is 10.2. The van der Waals surface area contributed by atoms with Gasteiger partial charge in [0.2, 0.25) is 5.95 Å². The fraction of sp³-hybridized carbons (Fsp3) is 0.148. The van der Waals surface area contributed by atoms with Gasteiger partial charge in [0.05, 0.1) is 29.8 Å². The number of hydrogen-bond acceptors (Lipinski definition) is 6. The standard InChI is InChI=1S/C27H23Cl2N5O3/c1-15-23(26(35)31-18-7-5-4-6-8-18)24(16-10-12-21(36-2)22(14-16)37-3)34-27(30-15)32-25(33-34)17-9-11-19(28)20(29)13-17/h4-14,24H,1-3H3,(H,31,35)(H,30,32,33). The molecule has 0 bridgehead atoms. The number of methoxy groups -OCH3 is 2. The van der Waals surface area contributed by atoms with E-state index >= 15 is 0 Å². The number of carbonyl (C=O) groups excluding carboxylic acids is 1. The molecule has 37 heavy (non-hydrogen) atoms. The number of nitrogens with zero attached hydrogens (tertiary/aromatic N) is 3. The molecule has 0 aliphatic carbocycles. The first kappa shape index (κ1) is 24.7. The van der Waals surface area contributed by atoms with E-state index in [9.17, 15) is 4.79 Å². The van der Waals surface area contributed by atoms with Crippen molar-refractivity contribution >= 4 is 40.7 Å². The van der Waals surface area contributed by atoms with Crippen LogP contribution in [0, 0.1) is 0 Å². The maximum Gasteiger partial charge on any atom is 0.255 e. The predicted molar refractivity (Wildman–Crippen MR) is 145 cm³/mol. The van der Waals surface area contributed by atoms with Gasteiger partial charge in [-0.2, -0.15) is 4.98 Å². The summed E-state index contributed by atoms with van der Waals surface area (Å²) in [6, 6.07) is 19.4. The van der Waals surface area contributed by atoms with Gasteiger partial charge in [-0.25, -0.2) is 4.68 Å². The Morgan fingerprint density at radius 2 is 1.73 bits per heavy atom. The highest BCUT2D eigenvalue weighted by Crippen LogP contribution is 2.40. The lowest BCUT2D eigenvalue weighted by Gasteiger charge is -2.29. The van der Waals surface area contributed by atoms with E-state index in [1.54, 1.807) is 43.2 Å². The minimum Gasteiger partial charge on any atom is -0.493 e. The molecule has 8 nitrogen and oxygen atoms in total. The molecule has 0 saturated heterocycles. The second-order valence-electron chi connectivity index (χ2n) is 8.33. The molecule has 188 valence electrons. The third kappa shape index (κ3) is 4.73. The lowest BCUT2D eigenvalue weighted by molar-refractivity contribution is -0.113. The van der Waals surface area contributed by atoms with E-state index in [0.29, 0.717) is 55.8 Å². The third-order valence-corrected chi connectivity index (χ3v) is 6.77. The van der Waals surface area contributed by atoms with Crippen LogP contribution in [0.1, 0.15) is 18.5 Å². The zero-order chi connectivity index (χ0) is 26.1. The van der Waals surface area contributed by atoms with Crippen LogP contribution >= 0.6 is 23.2 Å². The van der Waals surface area contributed by atoms with Crippen LogP contribution in [0.5, 0.6) is 11.5 Å². The van der Waals surface area contributed by atoms with E-state index in [2.05, 4.69) is 15.6 Å². The quantitative estimate of drug-likeness (QED) is 0.305. The van der Waals surface area contributed by atoms with Crippen molar-refractivity contribution in [2.45, 2.75) is 13.0 Å². The van der Waals surface area contributed by atoms with Crippen LogP contribution in [0.2, 0.25) is 10.0 Å². The molecule has 3 aromatic carbocycles. The first-order valence-corrected chi connectivity index (χ1v) is 12.1. The number of ether oxygens (including phenoxy) is 2. The number of anilines is 2. The molecule has 0 radical (unpaired) electrons. The first-order chi connectivity index (χ1) is 17.9. The lowest BCUT2D eigenvalue weighted by Crippen LogP contribution is -2.31. The number of halogens is 2. The average Bonchev–Trinajstić information content (AvgIpc) is 3.33. The van der Waals surface area contributed by atoms with Gasteiger partial charge in [0.25, 0.3) is 5.91 Å². The van der Waals surface area contributed by atoms with Crippen molar-refractivity contribution in [2.75, 3.05) is 24.9 Å². The number of aromatic nitrogens is 3. The molecule has 5 rings (SSSR count). The molecule has 0 spiro atoms. The number of benzene rings is 3. The van der Waals surface area contributed by atoms with Crippen LogP contribution < -0.4 is 20.1 Å². The molecule has 1 amide bonds. The Hall–Kier alpha value is -4.01. The SMILES string of the molecule is COc1ccc(C2C(C(=O)Nc3ccccc3)=C(C)Nc3nc(-c4ccc(Cl)c(Cl)c4)nn32)cc1OC. The summed E-state index contributed by atoms with van der Waals surface area (Å²) in [4.78, 5) is 18.3. The Balaban J connectivity index is 1.64. The van der Waals surface area contributed by atoms with E-state index in [0.717, 1.165) is 5.56 Å². The molecule has 1 aromatic heterocycles. The largest absolute Gasteiger partial charge is 0.493 e. The fourth-order valence-corrected chi connectivity index (χ4v) is 4.55. The first-order valence-electron chi connectivity index (χ1n) is 11.4. The fourth-order valence-electron chi connectivity index (χ4n) is 4.25. The number of fused-ring (bicyclic) bond motifs is 1. The number of nitrogens with one attached hydrogen (secondary N) is 2. The topological polar surface area (TPSA) is 90.3 Å². The van der Waals surface area contributed by atoms with Crippen LogP contribution in [0.25, 0.3) is 11.4 Å². The maximum absolute atomic E-state index is 13.6. The molecule has 2 N–H and O–H groups in total. The third-order valence-electron chi connectivity index (χ3n) is 6.03.